The molecule has 1 N–H and O–H groups in total. The molecule has 20 heavy (non-hydrogen) atoms. The number of nitrogens with one attached hydrogen (secondary N) is 1. The van der Waals surface area contributed by atoms with Crippen molar-refractivity contribution >= 4 is 0 Å². The fourth-order valence-electron chi connectivity index (χ4n) is 2.44. The number of halogens is 1. The average Bonchev–Trinajstić information content (AvgIpc) is 2.50. The van der Waals surface area contributed by atoms with Gasteiger partial charge in [0.05, 0.1) is 6.04 Å². The molecule has 1 aliphatic heterocycles. The summed E-state index contributed by atoms with van der Waals surface area (Å²) in [6.07, 6.45) is -0.152. The molecule has 0 bridgehead atoms. The van der Waals surface area contributed by atoms with Gasteiger partial charge in [-0.2, -0.15) is 0 Å². The molecule has 0 aromatic heterocycles. The molecule has 104 valence electrons. The number of ether oxygens (including phenoxy) is 2. The van der Waals surface area contributed by atoms with Gasteiger partial charge in [0.25, 0.3) is 0 Å². The van der Waals surface area contributed by atoms with Gasteiger partial charge in [-0.25, -0.2) is 4.39 Å². The molecule has 4 heteroatoms. The zero-order valence-electron chi connectivity index (χ0n) is 11.2. The summed E-state index contributed by atoms with van der Waals surface area (Å²) >= 11 is 0. The highest BCUT2D eigenvalue weighted by Gasteiger charge is 2.29. The Kier molecular flexibility index (Phi) is 3.56. The average molecular weight is 273 g/mol. The van der Waals surface area contributed by atoms with Crippen molar-refractivity contribution in [2.24, 2.45) is 0 Å². The molecular weight excluding hydrogens is 257 g/mol. The second kappa shape index (κ2) is 5.51. The van der Waals surface area contributed by atoms with E-state index in [-0.39, 0.29) is 18.0 Å². The lowest BCUT2D eigenvalue weighted by Crippen LogP contribution is -2.40. The van der Waals surface area contributed by atoms with Gasteiger partial charge >= 0.3 is 0 Å². The lowest BCUT2D eigenvalue weighted by molar-refractivity contribution is 0.0638. The molecule has 0 amide bonds. The SMILES string of the molecule is CNC(c1ccc(F)cc1)C1COc2ccccc2O1. The van der Waals surface area contributed by atoms with Crippen LogP contribution in [-0.4, -0.2) is 19.8 Å². The van der Waals surface area contributed by atoms with E-state index in [1.807, 2.05) is 31.3 Å². The van der Waals surface area contributed by atoms with Gasteiger partial charge in [0.2, 0.25) is 0 Å². The summed E-state index contributed by atoms with van der Waals surface area (Å²) in [7, 11) is 1.86. The predicted molar refractivity (Wildman–Crippen MR) is 74.6 cm³/mol. The van der Waals surface area contributed by atoms with Crippen molar-refractivity contribution in [2.45, 2.75) is 12.1 Å². The van der Waals surface area contributed by atoms with E-state index in [4.69, 9.17) is 9.47 Å². The van der Waals surface area contributed by atoms with Crippen molar-refractivity contribution in [3.8, 4) is 11.5 Å². The topological polar surface area (TPSA) is 30.5 Å². The summed E-state index contributed by atoms with van der Waals surface area (Å²) < 4.78 is 24.7. The van der Waals surface area contributed by atoms with E-state index in [2.05, 4.69) is 5.32 Å². The standard InChI is InChI=1S/C16H16FNO2/c1-18-16(11-6-8-12(17)9-7-11)15-10-19-13-4-2-3-5-14(13)20-15/h2-9,15-16,18H,10H2,1H3. The molecule has 0 saturated carbocycles. The smallest absolute Gasteiger partial charge is 0.161 e. The molecule has 0 fully saturated rings. The molecule has 0 saturated heterocycles. The van der Waals surface area contributed by atoms with Crippen LogP contribution >= 0.6 is 0 Å². The molecule has 1 aliphatic rings. The number of para-hydroxylation sites is 2. The zero-order chi connectivity index (χ0) is 13.9. The van der Waals surface area contributed by atoms with Crippen LogP contribution in [0.1, 0.15) is 11.6 Å². The van der Waals surface area contributed by atoms with E-state index in [1.54, 1.807) is 12.1 Å². The van der Waals surface area contributed by atoms with Crippen LogP contribution in [0.15, 0.2) is 48.5 Å². The Morgan fingerprint density at radius 3 is 2.50 bits per heavy atom. The summed E-state index contributed by atoms with van der Waals surface area (Å²) in [4.78, 5) is 0. The van der Waals surface area contributed by atoms with Gasteiger partial charge in [-0.15, -0.1) is 0 Å². The van der Waals surface area contributed by atoms with Crippen LogP contribution in [0.4, 0.5) is 4.39 Å². The third-order valence-corrected chi connectivity index (χ3v) is 3.44. The molecular formula is C16H16FNO2. The van der Waals surface area contributed by atoms with Crippen LogP contribution in [0.3, 0.4) is 0 Å². The first-order valence-corrected chi connectivity index (χ1v) is 6.59. The number of likely N-dealkylation sites (N-methyl/N-ethyl adjacent to an activating group) is 1. The second-order valence-electron chi connectivity index (χ2n) is 4.73. The Labute approximate surface area is 117 Å². The Morgan fingerprint density at radius 2 is 1.80 bits per heavy atom. The molecule has 0 aliphatic carbocycles. The van der Waals surface area contributed by atoms with Gasteiger partial charge in [-0.05, 0) is 36.9 Å². The Morgan fingerprint density at radius 1 is 1.10 bits per heavy atom. The van der Waals surface area contributed by atoms with Gasteiger partial charge in [0.15, 0.2) is 17.6 Å². The molecule has 2 aromatic rings. The highest BCUT2D eigenvalue weighted by Crippen LogP contribution is 2.34. The Bertz CT molecular complexity index is 585. The highest BCUT2D eigenvalue weighted by molar-refractivity contribution is 5.41. The first-order chi connectivity index (χ1) is 9.78. The summed E-state index contributed by atoms with van der Waals surface area (Å²) in [5.74, 6) is 1.26. The largest absolute Gasteiger partial charge is 0.486 e. The predicted octanol–water partition coefficient (Wildman–Crippen LogP) is 2.93. The zero-order valence-corrected chi connectivity index (χ0v) is 11.2. The molecule has 3 nitrogen and oxygen atoms in total. The molecule has 1 heterocycles. The Hall–Kier alpha value is -2.07. The maximum atomic E-state index is 13.0. The summed E-state index contributed by atoms with van der Waals surface area (Å²) in [6.45, 7) is 0.458. The van der Waals surface area contributed by atoms with Crippen LogP contribution in [0.5, 0.6) is 11.5 Å². The van der Waals surface area contributed by atoms with Crippen LogP contribution in [0, 0.1) is 5.82 Å². The maximum Gasteiger partial charge on any atom is 0.161 e. The van der Waals surface area contributed by atoms with Crippen LogP contribution in [-0.2, 0) is 0 Å². The molecule has 0 spiro atoms. The Balaban J connectivity index is 1.83. The van der Waals surface area contributed by atoms with Gasteiger partial charge in [0.1, 0.15) is 12.4 Å². The van der Waals surface area contributed by atoms with Gasteiger partial charge in [0, 0.05) is 0 Å². The molecule has 3 rings (SSSR count). The molecule has 2 aromatic carbocycles. The summed E-state index contributed by atoms with van der Waals surface area (Å²) in [5.41, 5.74) is 0.974. The van der Waals surface area contributed by atoms with Crippen LogP contribution < -0.4 is 14.8 Å². The van der Waals surface area contributed by atoms with Gasteiger partial charge in [-0.1, -0.05) is 24.3 Å². The van der Waals surface area contributed by atoms with Gasteiger partial charge in [-0.3, -0.25) is 0 Å². The minimum atomic E-state index is -0.241. The minimum absolute atomic E-state index is 0.0519. The quantitative estimate of drug-likeness (QED) is 0.932. The van der Waals surface area contributed by atoms with Crippen LogP contribution in [0.2, 0.25) is 0 Å². The van der Waals surface area contributed by atoms with E-state index >= 15 is 0 Å². The molecule has 0 radical (unpaired) electrons. The number of rotatable bonds is 3. The van der Waals surface area contributed by atoms with E-state index < -0.39 is 0 Å². The lowest BCUT2D eigenvalue weighted by Gasteiger charge is -2.32. The van der Waals surface area contributed by atoms with E-state index in [9.17, 15) is 4.39 Å². The fourth-order valence-corrected chi connectivity index (χ4v) is 2.44. The lowest BCUT2D eigenvalue weighted by atomic mass is 10.0. The van der Waals surface area contributed by atoms with Crippen LogP contribution in [0.25, 0.3) is 0 Å². The first-order valence-electron chi connectivity index (χ1n) is 6.59. The van der Waals surface area contributed by atoms with Gasteiger partial charge < -0.3 is 14.8 Å². The van der Waals surface area contributed by atoms with E-state index in [0.29, 0.717) is 6.61 Å². The second-order valence-corrected chi connectivity index (χ2v) is 4.73. The third kappa shape index (κ3) is 2.47. The third-order valence-electron chi connectivity index (χ3n) is 3.44. The highest BCUT2D eigenvalue weighted by atomic mass is 19.1. The fraction of sp³-hybridized carbons (Fsp3) is 0.250. The van der Waals surface area contributed by atoms with Crippen molar-refractivity contribution < 1.29 is 13.9 Å². The normalized spacial score (nSPS) is 18.6. The molecule has 2 atom stereocenters. The van der Waals surface area contributed by atoms with Crippen molar-refractivity contribution in [3.63, 3.8) is 0 Å². The number of benzene rings is 2. The minimum Gasteiger partial charge on any atom is -0.486 e. The van der Waals surface area contributed by atoms with Crippen molar-refractivity contribution in [1.82, 2.24) is 5.32 Å². The monoisotopic (exact) mass is 273 g/mol. The van der Waals surface area contributed by atoms with Crippen molar-refractivity contribution in [1.29, 1.82) is 0 Å². The summed E-state index contributed by atoms with van der Waals surface area (Å²) in [5, 5.41) is 3.21. The first kappa shape index (κ1) is 12.9. The van der Waals surface area contributed by atoms with Crippen molar-refractivity contribution in [2.75, 3.05) is 13.7 Å². The maximum absolute atomic E-state index is 13.0. The number of hydrogen-bond acceptors (Lipinski definition) is 3. The van der Waals surface area contributed by atoms with Crippen molar-refractivity contribution in [3.05, 3.63) is 59.9 Å². The van der Waals surface area contributed by atoms with E-state index in [0.717, 1.165) is 17.1 Å². The number of fused-ring (bicyclic) bond motifs is 1. The van der Waals surface area contributed by atoms with E-state index in [1.165, 1.54) is 12.1 Å². The number of hydrogen-bond donors (Lipinski definition) is 1. The summed E-state index contributed by atoms with van der Waals surface area (Å²) in [6, 6.07) is 14.0. The molecule has 2 unspecified atom stereocenters.